The molecule has 0 fully saturated rings. The van der Waals surface area contributed by atoms with E-state index in [1.54, 1.807) is 18.2 Å². The molecule has 0 radical (unpaired) electrons. The number of carbonyl (C=O) groups is 2. The average Bonchev–Trinajstić information content (AvgIpc) is 2.86. The summed E-state index contributed by atoms with van der Waals surface area (Å²) in [5.74, 6) is -0.738. The number of amides is 1. The van der Waals surface area contributed by atoms with Crippen molar-refractivity contribution < 1.29 is 23.5 Å². The quantitative estimate of drug-likeness (QED) is 0.377. The van der Waals surface area contributed by atoms with Crippen LogP contribution in [0, 0.1) is 5.82 Å². The molecule has 1 heterocycles. The summed E-state index contributed by atoms with van der Waals surface area (Å²) in [5.41, 5.74) is 0.402. The number of benzene rings is 3. The van der Waals surface area contributed by atoms with E-state index < -0.39 is 22.9 Å². The number of aromatic nitrogens is 1. The first-order valence-electron chi connectivity index (χ1n) is 10.5. The van der Waals surface area contributed by atoms with Crippen LogP contribution in [0.15, 0.2) is 71.7 Å². The summed E-state index contributed by atoms with van der Waals surface area (Å²) in [6.45, 7) is -0.232. The minimum atomic E-state index is -0.518. The number of ether oxygens (including phenoxy) is 2. The lowest BCUT2D eigenvalue weighted by molar-refractivity contribution is -0.116. The fourth-order valence-electron chi connectivity index (χ4n) is 3.65. The molecule has 0 unspecified atom stereocenters. The van der Waals surface area contributed by atoms with Crippen molar-refractivity contribution in [3.8, 4) is 11.5 Å². The molecule has 3 aromatic carbocycles. The SMILES string of the molecule is COc1cc2c(=O)c(C(=O)c3ccc(Cl)cc3)cn(CC(=O)Nc3ccc(F)cc3)c2cc1OC. The topological polar surface area (TPSA) is 86.6 Å². The first kappa shape index (κ1) is 24.0. The molecule has 0 spiro atoms. The van der Waals surface area contributed by atoms with Crippen molar-refractivity contribution in [3.05, 3.63) is 99.1 Å². The maximum atomic E-state index is 13.3. The summed E-state index contributed by atoms with van der Waals surface area (Å²) in [6, 6.07) is 14.5. The highest BCUT2D eigenvalue weighted by molar-refractivity contribution is 6.30. The smallest absolute Gasteiger partial charge is 0.244 e. The van der Waals surface area contributed by atoms with Crippen LogP contribution < -0.4 is 20.2 Å². The number of anilines is 1. The van der Waals surface area contributed by atoms with Crippen LogP contribution in [0.4, 0.5) is 10.1 Å². The van der Waals surface area contributed by atoms with Gasteiger partial charge in [-0.25, -0.2) is 4.39 Å². The van der Waals surface area contributed by atoms with Gasteiger partial charge in [-0.05, 0) is 54.6 Å². The predicted octanol–water partition coefficient (Wildman–Crippen LogP) is 4.68. The van der Waals surface area contributed by atoms with E-state index in [4.69, 9.17) is 21.1 Å². The molecule has 1 N–H and O–H groups in total. The Kier molecular flexibility index (Phi) is 6.84. The first-order chi connectivity index (χ1) is 16.8. The first-order valence-corrected chi connectivity index (χ1v) is 10.8. The van der Waals surface area contributed by atoms with Gasteiger partial charge in [0.15, 0.2) is 17.3 Å². The van der Waals surface area contributed by atoms with Gasteiger partial charge in [-0.1, -0.05) is 11.6 Å². The fourth-order valence-corrected chi connectivity index (χ4v) is 3.78. The predicted molar refractivity (Wildman–Crippen MR) is 131 cm³/mol. The number of methoxy groups -OCH3 is 2. The van der Waals surface area contributed by atoms with Crippen molar-refractivity contribution in [2.75, 3.05) is 19.5 Å². The number of rotatable bonds is 7. The zero-order valence-corrected chi connectivity index (χ0v) is 19.6. The van der Waals surface area contributed by atoms with E-state index in [2.05, 4.69) is 5.32 Å². The van der Waals surface area contributed by atoms with Crippen LogP contribution in [0.5, 0.6) is 11.5 Å². The highest BCUT2D eigenvalue weighted by Crippen LogP contribution is 2.31. The Morgan fingerprint density at radius 3 is 2.23 bits per heavy atom. The van der Waals surface area contributed by atoms with Crippen LogP contribution in [0.25, 0.3) is 10.9 Å². The van der Waals surface area contributed by atoms with Gasteiger partial charge in [-0.15, -0.1) is 0 Å². The van der Waals surface area contributed by atoms with Crippen LogP contribution in [-0.2, 0) is 11.3 Å². The van der Waals surface area contributed by atoms with Crippen LogP contribution in [0.2, 0.25) is 5.02 Å². The van der Waals surface area contributed by atoms with Crippen molar-refractivity contribution in [2.24, 2.45) is 0 Å². The third-order valence-electron chi connectivity index (χ3n) is 5.38. The minimum absolute atomic E-state index is 0.123. The van der Waals surface area contributed by atoms with E-state index in [9.17, 15) is 18.8 Å². The van der Waals surface area contributed by atoms with E-state index in [-0.39, 0.29) is 23.1 Å². The van der Waals surface area contributed by atoms with Gasteiger partial charge < -0.3 is 19.4 Å². The summed E-state index contributed by atoms with van der Waals surface area (Å²) < 4.78 is 25.4. The van der Waals surface area contributed by atoms with Crippen molar-refractivity contribution in [2.45, 2.75) is 6.54 Å². The maximum absolute atomic E-state index is 13.3. The fraction of sp³-hybridized carbons (Fsp3) is 0.115. The van der Waals surface area contributed by atoms with Crippen LogP contribution in [0.1, 0.15) is 15.9 Å². The normalized spacial score (nSPS) is 10.7. The van der Waals surface area contributed by atoms with Crippen molar-refractivity contribution in [1.82, 2.24) is 4.57 Å². The van der Waals surface area contributed by atoms with E-state index in [0.29, 0.717) is 27.7 Å². The number of carbonyl (C=O) groups excluding carboxylic acids is 2. The Balaban J connectivity index is 1.83. The van der Waals surface area contributed by atoms with Crippen molar-refractivity contribution in [1.29, 1.82) is 0 Å². The number of pyridine rings is 1. The molecule has 0 aliphatic heterocycles. The summed E-state index contributed by atoms with van der Waals surface area (Å²) in [5, 5.41) is 3.30. The summed E-state index contributed by atoms with van der Waals surface area (Å²) in [4.78, 5) is 39.4. The number of nitrogens with zero attached hydrogens (tertiary/aromatic N) is 1. The molecule has 4 aromatic rings. The Morgan fingerprint density at radius 1 is 0.971 bits per heavy atom. The molecule has 0 bridgehead atoms. The third kappa shape index (κ3) is 5.02. The molecule has 7 nitrogen and oxygen atoms in total. The second kappa shape index (κ2) is 9.99. The van der Waals surface area contributed by atoms with E-state index in [1.165, 1.54) is 67.4 Å². The molecule has 178 valence electrons. The molecule has 1 amide bonds. The number of halogens is 2. The molecule has 0 saturated heterocycles. The Labute approximate surface area is 204 Å². The van der Waals surface area contributed by atoms with Gasteiger partial charge in [-0.2, -0.15) is 0 Å². The van der Waals surface area contributed by atoms with Crippen LogP contribution in [0.3, 0.4) is 0 Å². The van der Waals surface area contributed by atoms with E-state index in [0.717, 1.165) is 0 Å². The highest BCUT2D eigenvalue weighted by Gasteiger charge is 2.20. The van der Waals surface area contributed by atoms with Gasteiger partial charge in [-0.3, -0.25) is 14.4 Å². The molecule has 4 rings (SSSR count). The lowest BCUT2D eigenvalue weighted by Gasteiger charge is -2.16. The zero-order valence-electron chi connectivity index (χ0n) is 18.8. The Bertz CT molecular complexity index is 1480. The monoisotopic (exact) mass is 494 g/mol. The summed E-state index contributed by atoms with van der Waals surface area (Å²) in [6.07, 6.45) is 1.35. The van der Waals surface area contributed by atoms with Gasteiger partial charge in [0.2, 0.25) is 11.3 Å². The summed E-state index contributed by atoms with van der Waals surface area (Å²) in [7, 11) is 2.88. The molecule has 35 heavy (non-hydrogen) atoms. The van der Waals surface area contributed by atoms with Gasteiger partial charge >= 0.3 is 0 Å². The number of fused-ring (bicyclic) bond motifs is 1. The van der Waals surface area contributed by atoms with Gasteiger partial charge in [0.25, 0.3) is 0 Å². The lowest BCUT2D eigenvalue weighted by Crippen LogP contribution is -2.24. The maximum Gasteiger partial charge on any atom is 0.244 e. The van der Waals surface area contributed by atoms with Gasteiger partial charge in [0.05, 0.1) is 30.7 Å². The molecule has 0 atom stereocenters. The summed E-state index contributed by atoms with van der Waals surface area (Å²) >= 11 is 5.92. The molecular formula is C26H20ClFN2O5. The Hall–Kier alpha value is -4.17. The lowest BCUT2D eigenvalue weighted by atomic mass is 10.0. The number of hydrogen-bond donors (Lipinski definition) is 1. The van der Waals surface area contributed by atoms with E-state index >= 15 is 0 Å². The molecule has 0 saturated carbocycles. The highest BCUT2D eigenvalue weighted by atomic mass is 35.5. The van der Waals surface area contributed by atoms with Gasteiger partial charge in [0.1, 0.15) is 12.4 Å². The average molecular weight is 495 g/mol. The van der Waals surface area contributed by atoms with Crippen molar-refractivity contribution >= 4 is 39.9 Å². The molecule has 0 aliphatic rings. The van der Waals surface area contributed by atoms with Crippen LogP contribution >= 0.6 is 11.6 Å². The molecular weight excluding hydrogens is 475 g/mol. The molecule has 0 aliphatic carbocycles. The molecule has 9 heteroatoms. The Morgan fingerprint density at radius 2 is 1.60 bits per heavy atom. The van der Waals surface area contributed by atoms with Gasteiger partial charge in [0, 0.05) is 28.5 Å². The third-order valence-corrected chi connectivity index (χ3v) is 5.63. The van der Waals surface area contributed by atoms with E-state index in [1.807, 2.05) is 0 Å². The number of ketones is 1. The number of hydrogen-bond acceptors (Lipinski definition) is 5. The standard InChI is InChI=1S/C26H20ClFN2O5/c1-34-22-11-19-21(12-23(22)35-2)30(14-24(31)29-18-9-7-17(28)8-10-18)13-20(26(19)33)25(32)15-3-5-16(27)6-4-15/h3-13H,14H2,1-2H3,(H,29,31). The molecule has 1 aromatic heterocycles. The largest absolute Gasteiger partial charge is 0.493 e. The zero-order chi connectivity index (χ0) is 25.1. The van der Waals surface area contributed by atoms with Crippen molar-refractivity contribution in [3.63, 3.8) is 0 Å². The number of nitrogens with one attached hydrogen (secondary N) is 1. The minimum Gasteiger partial charge on any atom is -0.493 e. The van der Waals surface area contributed by atoms with Crippen LogP contribution in [-0.4, -0.2) is 30.5 Å². The second-order valence-corrected chi connectivity index (χ2v) is 8.05. The second-order valence-electron chi connectivity index (χ2n) is 7.62.